The van der Waals surface area contributed by atoms with Gasteiger partial charge in [0.05, 0.1) is 34.5 Å². The Morgan fingerprint density at radius 3 is 2.74 bits per heavy atom. The van der Waals surface area contributed by atoms with Crippen molar-refractivity contribution in [3.8, 4) is 16.3 Å². The Bertz CT molecular complexity index is 1110. The van der Waals surface area contributed by atoms with Crippen molar-refractivity contribution in [2.24, 2.45) is 0 Å². The van der Waals surface area contributed by atoms with E-state index in [2.05, 4.69) is 9.88 Å². The summed E-state index contributed by atoms with van der Waals surface area (Å²) < 4.78 is 10.9. The van der Waals surface area contributed by atoms with Gasteiger partial charge < -0.3 is 14.4 Å². The molecule has 4 rings (SSSR count). The van der Waals surface area contributed by atoms with Crippen molar-refractivity contribution < 1.29 is 19.2 Å². The van der Waals surface area contributed by atoms with E-state index in [0.29, 0.717) is 17.1 Å². The van der Waals surface area contributed by atoms with Gasteiger partial charge in [-0.1, -0.05) is 12.1 Å². The van der Waals surface area contributed by atoms with E-state index < -0.39 is 10.9 Å². The van der Waals surface area contributed by atoms with E-state index in [1.54, 1.807) is 13.2 Å². The molecule has 0 aliphatic carbocycles. The number of hydrogen-bond acceptors (Lipinski definition) is 8. The number of nitro benzene ring substituents is 1. The Labute approximate surface area is 183 Å². The third kappa shape index (κ3) is 4.51. The number of benzene rings is 2. The van der Waals surface area contributed by atoms with Gasteiger partial charge >= 0.3 is 5.97 Å². The van der Waals surface area contributed by atoms with Gasteiger partial charge in [0.15, 0.2) is 0 Å². The zero-order chi connectivity index (χ0) is 21.8. The van der Waals surface area contributed by atoms with E-state index >= 15 is 0 Å². The molecule has 0 N–H and O–H groups in total. The molecule has 2 aromatic carbocycles. The molecule has 31 heavy (non-hydrogen) atoms. The van der Waals surface area contributed by atoms with Crippen molar-refractivity contribution in [1.82, 2.24) is 4.98 Å². The molecule has 1 aliphatic heterocycles. The van der Waals surface area contributed by atoms with Gasteiger partial charge in [-0.15, -0.1) is 11.3 Å². The minimum atomic E-state index is -0.600. The maximum Gasteiger partial charge on any atom is 0.340 e. The summed E-state index contributed by atoms with van der Waals surface area (Å²) in [5.74, 6) is 0.115. The smallest absolute Gasteiger partial charge is 0.340 e. The van der Waals surface area contributed by atoms with Gasteiger partial charge in [0.1, 0.15) is 17.4 Å². The molecule has 2 heterocycles. The fourth-order valence-electron chi connectivity index (χ4n) is 3.57. The fraction of sp³-hybridized carbons (Fsp3) is 0.273. The number of rotatable bonds is 7. The first-order valence-corrected chi connectivity index (χ1v) is 10.7. The Morgan fingerprint density at radius 1 is 1.23 bits per heavy atom. The number of hydrogen-bond donors (Lipinski definition) is 0. The Kier molecular flexibility index (Phi) is 6.13. The van der Waals surface area contributed by atoms with Crippen LogP contribution >= 0.6 is 11.3 Å². The van der Waals surface area contributed by atoms with Gasteiger partial charge in [-0.2, -0.15) is 0 Å². The second-order valence-electron chi connectivity index (χ2n) is 7.07. The molecule has 0 spiro atoms. The quantitative estimate of drug-likeness (QED) is 0.299. The predicted molar refractivity (Wildman–Crippen MR) is 118 cm³/mol. The zero-order valence-corrected chi connectivity index (χ0v) is 17.8. The number of para-hydroxylation sites is 1. The summed E-state index contributed by atoms with van der Waals surface area (Å²) in [6.07, 6.45) is 2.05. The average molecular weight is 439 g/mol. The molecule has 1 fully saturated rings. The molecule has 160 valence electrons. The van der Waals surface area contributed by atoms with Gasteiger partial charge in [-0.25, -0.2) is 9.78 Å². The number of carbonyl (C=O) groups is 1. The first-order chi connectivity index (χ1) is 15.1. The van der Waals surface area contributed by atoms with E-state index in [9.17, 15) is 14.9 Å². The standard InChI is InChI=1S/C22H21N3O5S/c1-29-20-7-3-2-6-17(20)21-23-15(14-31-21)13-30-22(26)18-12-16(25(27)28)8-9-19(18)24-10-4-5-11-24/h2-3,6-9,12,14H,4-5,10-11,13H2,1H3. The molecule has 8 nitrogen and oxygen atoms in total. The molecule has 1 aromatic heterocycles. The molecule has 1 aliphatic rings. The molecule has 0 unspecified atom stereocenters. The summed E-state index contributed by atoms with van der Waals surface area (Å²) in [7, 11) is 1.60. The highest BCUT2D eigenvalue weighted by Gasteiger charge is 2.24. The number of non-ortho nitro benzene ring substituents is 1. The normalized spacial score (nSPS) is 13.3. The maximum atomic E-state index is 12.8. The second kappa shape index (κ2) is 9.13. The van der Waals surface area contributed by atoms with E-state index in [-0.39, 0.29) is 17.9 Å². The number of nitro groups is 1. The third-order valence-corrected chi connectivity index (χ3v) is 6.02. The van der Waals surface area contributed by atoms with Gasteiger partial charge in [-0.05, 0) is 31.0 Å². The Morgan fingerprint density at radius 2 is 2.00 bits per heavy atom. The summed E-state index contributed by atoms with van der Waals surface area (Å²) in [6, 6.07) is 11.9. The molecule has 0 radical (unpaired) electrons. The number of carbonyl (C=O) groups excluding carboxylic acids is 1. The molecule has 9 heteroatoms. The molecule has 3 aromatic rings. The van der Waals surface area contributed by atoms with Crippen LogP contribution in [-0.4, -0.2) is 36.1 Å². The van der Waals surface area contributed by atoms with Crippen LogP contribution in [0.3, 0.4) is 0 Å². The van der Waals surface area contributed by atoms with Crippen LogP contribution in [0.25, 0.3) is 10.6 Å². The monoisotopic (exact) mass is 439 g/mol. The highest BCUT2D eigenvalue weighted by atomic mass is 32.1. The third-order valence-electron chi connectivity index (χ3n) is 5.10. The Hall–Kier alpha value is -3.46. The van der Waals surface area contributed by atoms with E-state index in [1.807, 2.05) is 29.6 Å². The van der Waals surface area contributed by atoms with Gasteiger partial charge in [-0.3, -0.25) is 10.1 Å². The van der Waals surface area contributed by atoms with Crippen LogP contribution in [0.2, 0.25) is 0 Å². The number of methoxy groups -OCH3 is 1. The largest absolute Gasteiger partial charge is 0.496 e. The molecule has 0 atom stereocenters. The van der Waals surface area contributed by atoms with Gasteiger partial charge in [0.25, 0.3) is 5.69 Å². The van der Waals surface area contributed by atoms with Crippen LogP contribution in [0, 0.1) is 10.1 Å². The number of aromatic nitrogens is 1. The van der Waals surface area contributed by atoms with E-state index in [1.165, 1.54) is 23.5 Å². The summed E-state index contributed by atoms with van der Waals surface area (Å²) >= 11 is 1.43. The van der Waals surface area contributed by atoms with Crippen LogP contribution < -0.4 is 9.64 Å². The van der Waals surface area contributed by atoms with Crippen LogP contribution in [0.15, 0.2) is 47.8 Å². The SMILES string of the molecule is COc1ccccc1-c1nc(COC(=O)c2cc([N+](=O)[O-])ccc2N2CCCC2)cs1. The summed E-state index contributed by atoms with van der Waals surface area (Å²) in [4.78, 5) is 30.1. The highest BCUT2D eigenvalue weighted by Crippen LogP contribution is 2.32. The first-order valence-electron chi connectivity index (χ1n) is 9.85. The lowest BCUT2D eigenvalue weighted by atomic mass is 10.1. The second-order valence-corrected chi connectivity index (χ2v) is 7.93. The number of anilines is 1. The fourth-order valence-corrected chi connectivity index (χ4v) is 4.40. The number of esters is 1. The van der Waals surface area contributed by atoms with E-state index in [4.69, 9.17) is 9.47 Å². The zero-order valence-electron chi connectivity index (χ0n) is 16.9. The number of ether oxygens (including phenoxy) is 2. The van der Waals surface area contributed by atoms with Crippen LogP contribution in [0.1, 0.15) is 28.9 Å². The first kappa shape index (κ1) is 20.8. The van der Waals surface area contributed by atoms with Crippen molar-refractivity contribution in [3.63, 3.8) is 0 Å². The van der Waals surface area contributed by atoms with Crippen LogP contribution in [-0.2, 0) is 11.3 Å². The lowest BCUT2D eigenvalue weighted by molar-refractivity contribution is -0.384. The molecule has 1 saturated heterocycles. The van der Waals surface area contributed by atoms with Crippen molar-refractivity contribution >= 4 is 28.7 Å². The summed E-state index contributed by atoms with van der Waals surface area (Å²) in [6.45, 7) is 1.60. The van der Waals surface area contributed by atoms with Gasteiger partial charge in [0.2, 0.25) is 0 Å². The lowest BCUT2D eigenvalue weighted by Gasteiger charge is -2.20. The lowest BCUT2D eigenvalue weighted by Crippen LogP contribution is -2.21. The van der Waals surface area contributed by atoms with Crippen LogP contribution in [0.4, 0.5) is 11.4 Å². The molecule has 0 saturated carbocycles. The average Bonchev–Trinajstić information content (AvgIpc) is 3.49. The number of thiazole rings is 1. The van der Waals surface area contributed by atoms with Crippen molar-refractivity contribution in [1.29, 1.82) is 0 Å². The predicted octanol–water partition coefficient (Wildman–Crippen LogP) is 4.68. The molecule has 0 bridgehead atoms. The van der Waals surface area contributed by atoms with Crippen molar-refractivity contribution in [2.45, 2.75) is 19.4 Å². The molecular weight excluding hydrogens is 418 g/mol. The van der Waals surface area contributed by atoms with Crippen molar-refractivity contribution in [3.05, 3.63) is 69.2 Å². The topological polar surface area (TPSA) is 94.8 Å². The summed E-state index contributed by atoms with van der Waals surface area (Å²) in [5.41, 5.74) is 2.20. The number of nitrogens with zero attached hydrogens (tertiary/aromatic N) is 3. The van der Waals surface area contributed by atoms with E-state index in [0.717, 1.165) is 36.5 Å². The minimum Gasteiger partial charge on any atom is -0.496 e. The maximum absolute atomic E-state index is 12.8. The molecular formula is C22H21N3O5S. The highest BCUT2D eigenvalue weighted by molar-refractivity contribution is 7.13. The Balaban J connectivity index is 1.52. The minimum absolute atomic E-state index is 0.0212. The van der Waals surface area contributed by atoms with Crippen molar-refractivity contribution in [2.75, 3.05) is 25.1 Å². The van der Waals surface area contributed by atoms with Gasteiger partial charge in [0, 0.05) is 30.6 Å². The van der Waals surface area contributed by atoms with Crippen LogP contribution in [0.5, 0.6) is 5.75 Å². The molecule has 0 amide bonds. The summed E-state index contributed by atoms with van der Waals surface area (Å²) in [5, 5.41) is 13.8.